The van der Waals surface area contributed by atoms with Gasteiger partial charge in [0.05, 0.1) is 12.2 Å². The standard InChI is InChI=1S/C23H31N5O/c1-4-18-7-5-6-8-20(18)26-23(29)28-14-11-21-19(15-28)22(25-17(3)24-21)27-12-9-16(2)10-13-27/h5-8,16H,4,9-15H2,1-3H3,(H,26,29). The molecule has 6 heteroatoms. The minimum absolute atomic E-state index is 0.0460. The molecular weight excluding hydrogens is 362 g/mol. The molecule has 0 aliphatic carbocycles. The number of hydrogen-bond donors (Lipinski definition) is 1. The Morgan fingerprint density at radius 1 is 1.17 bits per heavy atom. The number of hydrogen-bond acceptors (Lipinski definition) is 4. The molecule has 4 rings (SSSR count). The smallest absolute Gasteiger partial charge is 0.322 e. The van der Waals surface area contributed by atoms with E-state index in [1.54, 1.807) is 0 Å². The van der Waals surface area contributed by atoms with Crippen molar-refractivity contribution in [3.8, 4) is 0 Å². The number of amides is 2. The first-order valence-corrected chi connectivity index (χ1v) is 10.8. The largest absolute Gasteiger partial charge is 0.356 e. The van der Waals surface area contributed by atoms with Crippen molar-refractivity contribution in [3.05, 3.63) is 46.9 Å². The van der Waals surface area contributed by atoms with Crippen molar-refractivity contribution in [3.63, 3.8) is 0 Å². The average molecular weight is 394 g/mol. The number of nitrogens with one attached hydrogen (secondary N) is 1. The van der Waals surface area contributed by atoms with Crippen LogP contribution >= 0.6 is 0 Å². The van der Waals surface area contributed by atoms with Crippen molar-refractivity contribution in [2.24, 2.45) is 5.92 Å². The molecule has 0 radical (unpaired) electrons. The summed E-state index contributed by atoms with van der Waals surface area (Å²) < 4.78 is 0. The van der Waals surface area contributed by atoms with E-state index in [4.69, 9.17) is 9.97 Å². The number of nitrogens with zero attached hydrogens (tertiary/aromatic N) is 4. The van der Waals surface area contributed by atoms with Gasteiger partial charge in [0.15, 0.2) is 0 Å². The Morgan fingerprint density at radius 2 is 1.93 bits per heavy atom. The molecule has 0 bridgehead atoms. The van der Waals surface area contributed by atoms with Crippen molar-refractivity contribution in [2.45, 2.75) is 53.0 Å². The third-order valence-electron chi connectivity index (χ3n) is 6.16. The van der Waals surface area contributed by atoms with E-state index >= 15 is 0 Å². The zero-order valence-electron chi connectivity index (χ0n) is 17.7. The maximum atomic E-state index is 13.0. The summed E-state index contributed by atoms with van der Waals surface area (Å²) in [6.45, 7) is 9.69. The molecule has 154 valence electrons. The minimum atomic E-state index is -0.0460. The SMILES string of the molecule is CCc1ccccc1NC(=O)N1CCc2nc(C)nc(N3CCC(C)CC3)c2C1. The number of piperidine rings is 1. The quantitative estimate of drug-likeness (QED) is 0.850. The average Bonchev–Trinajstić information content (AvgIpc) is 2.73. The number of rotatable bonds is 3. The van der Waals surface area contributed by atoms with Gasteiger partial charge in [-0.3, -0.25) is 0 Å². The summed E-state index contributed by atoms with van der Waals surface area (Å²) in [6, 6.07) is 7.97. The van der Waals surface area contributed by atoms with Gasteiger partial charge in [0, 0.05) is 37.3 Å². The molecule has 0 atom stereocenters. The lowest BCUT2D eigenvalue weighted by Crippen LogP contribution is -2.41. The van der Waals surface area contributed by atoms with E-state index in [9.17, 15) is 4.79 Å². The van der Waals surface area contributed by atoms with Crippen LogP contribution in [0.1, 0.15) is 49.3 Å². The van der Waals surface area contributed by atoms with Crippen molar-refractivity contribution in [1.29, 1.82) is 0 Å². The highest BCUT2D eigenvalue weighted by Crippen LogP contribution is 2.30. The zero-order chi connectivity index (χ0) is 20.4. The number of anilines is 2. The molecule has 1 saturated heterocycles. The normalized spacial score (nSPS) is 17.2. The number of aromatic nitrogens is 2. The first-order chi connectivity index (χ1) is 14.0. The second kappa shape index (κ2) is 8.39. The van der Waals surface area contributed by atoms with Crippen LogP contribution in [0.15, 0.2) is 24.3 Å². The molecule has 0 spiro atoms. The third kappa shape index (κ3) is 4.21. The van der Waals surface area contributed by atoms with Crippen LogP contribution in [0.3, 0.4) is 0 Å². The first kappa shape index (κ1) is 19.7. The second-order valence-electron chi connectivity index (χ2n) is 8.30. The fourth-order valence-corrected chi connectivity index (χ4v) is 4.32. The van der Waals surface area contributed by atoms with Crippen molar-refractivity contribution >= 4 is 17.5 Å². The van der Waals surface area contributed by atoms with Crippen LogP contribution in [0.4, 0.5) is 16.3 Å². The Kier molecular flexibility index (Phi) is 5.69. The Bertz CT molecular complexity index is 889. The van der Waals surface area contributed by atoms with Gasteiger partial charge in [-0.25, -0.2) is 14.8 Å². The van der Waals surface area contributed by atoms with Gasteiger partial charge in [-0.1, -0.05) is 32.0 Å². The van der Waals surface area contributed by atoms with Gasteiger partial charge in [-0.05, 0) is 43.7 Å². The van der Waals surface area contributed by atoms with Crippen LogP contribution < -0.4 is 10.2 Å². The van der Waals surface area contributed by atoms with Crippen LogP contribution in [0.2, 0.25) is 0 Å². The van der Waals surface area contributed by atoms with E-state index in [2.05, 4.69) is 30.1 Å². The van der Waals surface area contributed by atoms with Gasteiger partial charge in [-0.2, -0.15) is 0 Å². The Hall–Kier alpha value is -2.63. The zero-order valence-corrected chi connectivity index (χ0v) is 17.7. The molecule has 1 N–H and O–H groups in total. The Morgan fingerprint density at radius 3 is 2.69 bits per heavy atom. The number of para-hydroxylation sites is 1. The summed E-state index contributed by atoms with van der Waals surface area (Å²) in [6.07, 6.45) is 4.05. The van der Waals surface area contributed by atoms with Crippen molar-refractivity contribution < 1.29 is 4.79 Å². The van der Waals surface area contributed by atoms with E-state index in [1.165, 1.54) is 12.8 Å². The fraction of sp³-hybridized carbons (Fsp3) is 0.522. The summed E-state index contributed by atoms with van der Waals surface area (Å²) in [5.74, 6) is 2.63. The minimum Gasteiger partial charge on any atom is -0.356 e. The molecule has 2 aliphatic rings. The second-order valence-corrected chi connectivity index (χ2v) is 8.30. The number of carbonyl (C=O) groups is 1. The van der Waals surface area contributed by atoms with Gasteiger partial charge in [0.2, 0.25) is 0 Å². The molecule has 1 fully saturated rings. The molecule has 1 aromatic carbocycles. The Balaban J connectivity index is 1.55. The highest BCUT2D eigenvalue weighted by atomic mass is 16.2. The highest BCUT2D eigenvalue weighted by molar-refractivity contribution is 5.90. The monoisotopic (exact) mass is 393 g/mol. The highest BCUT2D eigenvalue weighted by Gasteiger charge is 2.28. The van der Waals surface area contributed by atoms with Gasteiger partial charge >= 0.3 is 6.03 Å². The van der Waals surface area contributed by atoms with E-state index in [-0.39, 0.29) is 6.03 Å². The van der Waals surface area contributed by atoms with E-state index in [0.717, 1.165) is 66.0 Å². The number of carbonyl (C=O) groups excluding carboxylic acids is 1. The van der Waals surface area contributed by atoms with Crippen LogP contribution in [0, 0.1) is 12.8 Å². The summed E-state index contributed by atoms with van der Waals surface area (Å²) in [4.78, 5) is 26.8. The van der Waals surface area contributed by atoms with E-state index in [0.29, 0.717) is 13.1 Å². The van der Waals surface area contributed by atoms with Gasteiger partial charge in [0.1, 0.15) is 11.6 Å². The Labute approximate surface area is 173 Å². The molecule has 0 saturated carbocycles. The number of aryl methyl sites for hydroxylation is 2. The van der Waals surface area contributed by atoms with Crippen LogP contribution in [-0.2, 0) is 19.4 Å². The topological polar surface area (TPSA) is 61.4 Å². The number of urea groups is 1. The molecule has 2 aliphatic heterocycles. The van der Waals surface area contributed by atoms with Crippen molar-refractivity contribution in [1.82, 2.24) is 14.9 Å². The molecular formula is C23H31N5O. The number of benzene rings is 1. The van der Waals surface area contributed by atoms with Gasteiger partial charge in [0.25, 0.3) is 0 Å². The molecule has 0 unspecified atom stereocenters. The number of fused-ring (bicyclic) bond motifs is 1. The van der Waals surface area contributed by atoms with Crippen LogP contribution in [-0.4, -0.2) is 40.5 Å². The molecule has 2 amide bonds. The molecule has 3 heterocycles. The van der Waals surface area contributed by atoms with Gasteiger partial charge in [-0.15, -0.1) is 0 Å². The van der Waals surface area contributed by atoms with Crippen molar-refractivity contribution in [2.75, 3.05) is 29.9 Å². The lowest BCUT2D eigenvalue weighted by atomic mass is 9.98. The fourth-order valence-electron chi connectivity index (χ4n) is 4.32. The maximum absolute atomic E-state index is 13.0. The summed E-state index contributed by atoms with van der Waals surface area (Å²) in [5.41, 5.74) is 4.27. The van der Waals surface area contributed by atoms with E-state index < -0.39 is 0 Å². The summed E-state index contributed by atoms with van der Waals surface area (Å²) >= 11 is 0. The van der Waals surface area contributed by atoms with Gasteiger partial charge < -0.3 is 15.1 Å². The van der Waals surface area contributed by atoms with Crippen LogP contribution in [0.5, 0.6) is 0 Å². The third-order valence-corrected chi connectivity index (χ3v) is 6.16. The molecule has 6 nitrogen and oxygen atoms in total. The predicted octanol–water partition coefficient (Wildman–Crippen LogP) is 4.17. The lowest BCUT2D eigenvalue weighted by Gasteiger charge is -2.36. The van der Waals surface area contributed by atoms with Crippen LogP contribution in [0.25, 0.3) is 0 Å². The molecule has 1 aromatic heterocycles. The van der Waals surface area contributed by atoms with E-state index in [1.807, 2.05) is 30.0 Å². The predicted molar refractivity (Wildman–Crippen MR) is 116 cm³/mol. The molecule has 2 aromatic rings. The summed E-state index contributed by atoms with van der Waals surface area (Å²) in [5, 5.41) is 3.11. The summed E-state index contributed by atoms with van der Waals surface area (Å²) in [7, 11) is 0. The maximum Gasteiger partial charge on any atom is 0.322 e. The lowest BCUT2D eigenvalue weighted by molar-refractivity contribution is 0.205. The first-order valence-electron chi connectivity index (χ1n) is 10.8. The molecule has 29 heavy (non-hydrogen) atoms.